The van der Waals surface area contributed by atoms with Crippen molar-refractivity contribution < 1.29 is 4.74 Å². The molecule has 2 heteroatoms. The van der Waals surface area contributed by atoms with Crippen molar-refractivity contribution in [1.82, 2.24) is 5.32 Å². The quantitative estimate of drug-likeness (QED) is 0.657. The van der Waals surface area contributed by atoms with Crippen LogP contribution in [0.5, 0.6) is 0 Å². The first kappa shape index (κ1) is 13.0. The van der Waals surface area contributed by atoms with Crippen LogP contribution in [0.15, 0.2) is 0 Å². The van der Waals surface area contributed by atoms with Crippen molar-refractivity contribution >= 4 is 0 Å². The molecule has 2 nitrogen and oxygen atoms in total. The molecule has 0 spiro atoms. The summed E-state index contributed by atoms with van der Waals surface area (Å²) in [6, 6.07) is 0. The third-order valence-electron chi connectivity index (χ3n) is 3.32. The largest absolute Gasteiger partial charge is 0.382 e. The highest BCUT2D eigenvalue weighted by Crippen LogP contribution is 2.27. The molecule has 1 aliphatic carbocycles. The SMILES string of the molecule is CCOCCCNCC1CCCC(C)C1. The number of hydrogen-bond acceptors (Lipinski definition) is 2. The first-order valence-electron chi connectivity index (χ1n) is 6.61. The van der Waals surface area contributed by atoms with Gasteiger partial charge in [0.2, 0.25) is 0 Å². The Bertz CT molecular complexity index is 149. The van der Waals surface area contributed by atoms with Gasteiger partial charge in [0.25, 0.3) is 0 Å². The highest BCUT2D eigenvalue weighted by molar-refractivity contribution is 4.72. The van der Waals surface area contributed by atoms with E-state index in [4.69, 9.17) is 4.74 Å². The molecule has 2 atom stereocenters. The monoisotopic (exact) mass is 213 g/mol. The van der Waals surface area contributed by atoms with Crippen molar-refractivity contribution in [3.63, 3.8) is 0 Å². The highest BCUT2D eigenvalue weighted by Gasteiger charge is 2.17. The summed E-state index contributed by atoms with van der Waals surface area (Å²) >= 11 is 0. The Balaban J connectivity index is 1.90. The Morgan fingerprint density at radius 1 is 1.33 bits per heavy atom. The van der Waals surface area contributed by atoms with Gasteiger partial charge in [-0.2, -0.15) is 0 Å². The predicted molar refractivity (Wildman–Crippen MR) is 65.1 cm³/mol. The smallest absolute Gasteiger partial charge is 0.0477 e. The molecule has 1 N–H and O–H groups in total. The van der Waals surface area contributed by atoms with Crippen LogP contribution in [-0.4, -0.2) is 26.3 Å². The molecular formula is C13H27NO. The van der Waals surface area contributed by atoms with Crippen LogP contribution in [0.4, 0.5) is 0 Å². The van der Waals surface area contributed by atoms with Crippen LogP contribution < -0.4 is 5.32 Å². The normalized spacial score (nSPS) is 26.8. The zero-order valence-electron chi connectivity index (χ0n) is 10.4. The summed E-state index contributed by atoms with van der Waals surface area (Å²) in [4.78, 5) is 0. The van der Waals surface area contributed by atoms with E-state index in [2.05, 4.69) is 19.2 Å². The zero-order chi connectivity index (χ0) is 10.9. The second kappa shape index (κ2) is 8.12. The lowest BCUT2D eigenvalue weighted by Crippen LogP contribution is -2.27. The molecule has 2 unspecified atom stereocenters. The second-order valence-electron chi connectivity index (χ2n) is 4.89. The van der Waals surface area contributed by atoms with Gasteiger partial charge in [0.05, 0.1) is 0 Å². The first-order chi connectivity index (χ1) is 7.33. The third kappa shape index (κ3) is 6.16. The zero-order valence-corrected chi connectivity index (χ0v) is 10.4. The van der Waals surface area contributed by atoms with E-state index in [0.29, 0.717) is 0 Å². The van der Waals surface area contributed by atoms with Crippen LogP contribution in [0, 0.1) is 11.8 Å². The molecule has 15 heavy (non-hydrogen) atoms. The van der Waals surface area contributed by atoms with Gasteiger partial charge < -0.3 is 10.1 Å². The molecule has 0 amide bonds. The Hall–Kier alpha value is -0.0800. The number of nitrogens with one attached hydrogen (secondary N) is 1. The van der Waals surface area contributed by atoms with Crippen molar-refractivity contribution in [2.75, 3.05) is 26.3 Å². The van der Waals surface area contributed by atoms with Crippen LogP contribution in [0.25, 0.3) is 0 Å². The van der Waals surface area contributed by atoms with Gasteiger partial charge in [-0.05, 0) is 51.1 Å². The van der Waals surface area contributed by atoms with Gasteiger partial charge in [0.1, 0.15) is 0 Å². The van der Waals surface area contributed by atoms with Crippen LogP contribution in [-0.2, 0) is 4.74 Å². The summed E-state index contributed by atoms with van der Waals surface area (Å²) in [5, 5.41) is 3.55. The lowest BCUT2D eigenvalue weighted by molar-refractivity contribution is 0.144. The molecule has 0 aliphatic heterocycles. The topological polar surface area (TPSA) is 21.3 Å². The summed E-state index contributed by atoms with van der Waals surface area (Å²) < 4.78 is 5.30. The van der Waals surface area contributed by atoms with Crippen molar-refractivity contribution in [1.29, 1.82) is 0 Å². The van der Waals surface area contributed by atoms with Gasteiger partial charge in [-0.25, -0.2) is 0 Å². The minimum absolute atomic E-state index is 0.847. The Labute approximate surface area is 94.8 Å². The summed E-state index contributed by atoms with van der Waals surface area (Å²) in [5.74, 6) is 1.88. The van der Waals surface area contributed by atoms with E-state index in [0.717, 1.165) is 38.0 Å². The van der Waals surface area contributed by atoms with Crippen LogP contribution in [0.1, 0.15) is 46.0 Å². The van der Waals surface area contributed by atoms with Crippen LogP contribution in [0.2, 0.25) is 0 Å². The second-order valence-corrected chi connectivity index (χ2v) is 4.89. The van der Waals surface area contributed by atoms with Crippen LogP contribution in [0.3, 0.4) is 0 Å². The van der Waals surface area contributed by atoms with Gasteiger partial charge >= 0.3 is 0 Å². The predicted octanol–water partition coefficient (Wildman–Crippen LogP) is 2.83. The fraction of sp³-hybridized carbons (Fsp3) is 1.00. The average molecular weight is 213 g/mol. The van der Waals surface area contributed by atoms with Crippen LogP contribution >= 0.6 is 0 Å². The average Bonchev–Trinajstić information content (AvgIpc) is 2.23. The number of hydrogen-bond donors (Lipinski definition) is 1. The maximum Gasteiger partial charge on any atom is 0.0477 e. The highest BCUT2D eigenvalue weighted by atomic mass is 16.5. The lowest BCUT2D eigenvalue weighted by Gasteiger charge is -2.26. The van der Waals surface area contributed by atoms with E-state index in [1.54, 1.807) is 0 Å². The van der Waals surface area contributed by atoms with Crippen molar-refractivity contribution in [3.8, 4) is 0 Å². The van der Waals surface area contributed by atoms with Gasteiger partial charge in [0.15, 0.2) is 0 Å². The maximum atomic E-state index is 5.30. The van der Waals surface area contributed by atoms with E-state index in [1.165, 1.54) is 32.2 Å². The number of ether oxygens (including phenoxy) is 1. The fourth-order valence-corrected chi connectivity index (χ4v) is 2.49. The fourth-order valence-electron chi connectivity index (χ4n) is 2.49. The van der Waals surface area contributed by atoms with Gasteiger partial charge in [0, 0.05) is 13.2 Å². The molecule has 0 aromatic carbocycles. The Morgan fingerprint density at radius 2 is 2.20 bits per heavy atom. The molecule has 0 bridgehead atoms. The standard InChI is InChI=1S/C13H27NO/c1-3-15-9-5-8-14-11-13-7-4-6-12(2)10-13/h12-14H,3-11H2,1-2H3. The molecule has 0 radical (unpaired) electrons. The minimum atomic E-state index is 0.847. The van der Waals surface area contributed by atoms with Gasteiger partial charge in [-0.1, -0.05) is 19.8 Å². The van der Waals surface area contributed by atoms with E-state index in [-0.39, 0.29) is 0 Å². The summed E-state index contributed by atoms with van der Waals surface area (Å²) in [6.07, 6.45) is 6.89. The van der Waals surface area contributed by atoms with Gasteiger partial charge in [-0.15, -0.1) is 0 Å². The summed E-state index contributed by atoms with van der Waals surface area (Å²) in [7, 11) is 0. The molecule has 0 heterocycles. The van der Waals surface area contributed by atoms with Crippen molar-refractivity contribution in [3.05, 3.63) is 0 Å². The molecule has 90 valence electrons. The molecular weight excluding hydrogens is 186 g/mol. The first-order valence-corrected chi connectivity index (χ1v) is 6.61. The minimum Gasteiger partial charge on any atom is -0.382 e. The van der Waals surface area contributed by atoms with Gasteiger partial charge in [-0.3, -0.25) is 0 Å². The van der Waals surface area contributed by atoms with Crippen molar-refractivity contribution in [2.45, 2.75) is 46.0 Å². The molecule has 1 aliphatic rings. The molecule has 0 aromatic heterocycles. The molecule has 0 saturated heterocycles. The number of rotatable bonds is 7. The molecule has 1 rings (SSSR count). The van der Waals surface area contributed by atoms with E-state index in [1.807, 2.05) is 0 Å². The molecule has 0 aromatic rings. The molecule has 1 fully saturated rings. The van der Waals surface area contributed by atoms with E-state index < -0.39 is 0 Å². The molecule has 1 saturated carbocycles. The Kier molecular flexibility index (Phi) is 7.03. The van der Waals surface area contributed by atoms with Crippen molar-refractivity contribution in [2.24, 2.45) is 11.8 Å². The summed E-state index contributed by atoms with van der Waals surface area (Å²) in [6.45, 7) is 8.53. The summed E-state index contributed by atoms with van der Waals surface area (Å²) in [5.41, 5.74) is 0. The Morgan fingerprint density at radius 3 is 2.93 bits per heavy atom. The van der Waals surface area contributed by atoms with E-state index >= 15 is 0 Å². The van der Waals surface area contributed by atoms with E-state index in [9.17, 15) is 0 Å². The maximum absolute atomic E-state index is 5.30. The lowest BCUT2D eigenvalue weighted by atomic mass is 9.82. The third-order valence-corrected chi connectivity index (χ3v) is 3.32.